The Morgan fingerprint density at radius 2 is 1.64 bits per heavy atom. The fourth-order valence-electron chi connectivity index (χ4n) is 2.32. The maximum Gasteiger partial charge on any atom is 0.224 e. The van der Waals surface area contributed by atoms with Gasteiger partial charge < -0.3 is 15.7 Å². The number of nitrogen functional groups attached to an aromatic ring is 1. The zero-order chi connectivity index (χ0) is 17.8. The van der Waals surface area contributed by atoms with Crippen molar-refractivity contribution in [3.05, 3.63) is 59.9 Å². The Morgan fingerprint density at radius 1 is 0.920 bits per heavy atom. The fraction of sp³-hybridized carbons (Fsp3) is 0.105. The minimum absolute atomic E-state index is 0.0994. The maximum atomic E-state index is 9.96. The van der Waals surface area contributed by atoms with Gasteiger partial charge in [-0.25, -0.2) is 4.98 Å². The number of aromatic nitrogens is 3. The third kappa shape index (κ3) is 3.92. The molecular weight excluding hydrogens is 314 g/mol. The van der Waals surface area contributed by atoms with Crippen molar-refractivity contribution < 1.29 is 5.11 Å². The molecule has 3 aromatic rings. The molecule has 0 atom stereocenters. The van der Waals surface area contributed by atoms with E-state index in [-0.39, 0.29) is 11.7 Å². The number of phenolic OH excluding ortho intramolecular Hbond substituents is 1. The van der Waals surface area contributed by atoms with Crippen LogP contribution in [0, 0.1) is 0 Å². The van der Waals surface area contributed by atoms with Gasteiger partial charge in [-0.3, -0.25) is 0 Å². The van der Waals surface area contributed by atoms with Crippen molar-refractivity contribution in [1.82, 2.24) is 15.0 Å². The number of aromatic hydroxyl groups is 1. The molecule has 0 saturated carbocycles. The van der Waals surface area contributed by atoms with Crippen LogP contribution in [0.1, 0.15) is 11.4 Å². The smallest absolute Gasteiger partial charge is 0.224 e. The minimum atomic E-state index is 0.0994. The van der Waals surface area contributed by atoms with E-state index < -0.39 is 0 Å². The topological polar surface area (TPSA) is 88.2 Å². The van der Waals surface area contributed by atoms with Crippen LogP contribution in [0.2, 0.25) is 0 Å². The van der Waals surface area contributed by atoms with E-state index in [0.29, 0.717) is 17.2 Å². The van der Waals surface area contributed by atoms with Gasteiger partial charge >= 0.3 is 0 Å². The van der Waals surface area contributed by atoms with Gasteiger partial charge in [0, 0.05) is 19.8 Å². The number of nitrogens with zero attached hydrogens (tertiary/aromatic N) is 4. The molecule has 1 aromatic heterocycles. The molecule has 0 bridgehead atoms. The van der Waals surface area contributed by atoms with Crippen molar-refractivity contribution in [1.29, 1.82) is 0 Å². The summed E-state index contributed by atoms with van der Waals surface area (Å²) < 4.78 is 0. The van der Waals surface area contributed by atoms with Gasteiger partial charge in [-0.15, -0.1) is 0 Å². The molecular formula is C19H19N5O. The van der Waals surface area contributed by atoms with Gasteiger partial charge in [-0.1, -0.05) is 30.3 Å². The van der Waals surface area contributed by atoms with Crippen LogP contribution in [0.15, 0.2) is 48.5 Å². The molecule has 0 aliphatic carbocycles. The lowest BCUT2D eigenvalue weighted by molar-refractivity contribution is 0.477. The number of phenols is 1. The van der Waals surface area contributed by atoms with Gasteiger partial charge in [0.05, 0.1) is 5.56 Å². The number of para-hydroxylation sites is 1. The Morgan fingerprint density at radius 3 is 2.32 bits per heavy atom. The van der Waals surface area contributed by atoms with E-state index in [1.165, 1.54) is 0 Å². The van der Waals surface area contributed by atoms with E-state index in [9.17, 15) is 5.11 Å². The molecule has 0 radical (unpaired) electrons. The molecule has 0 fully saturated rings. The number of hydrogen-bond donors (Lipinski definition) is 2. The first-order valence-corrected chi connectivity index (χ1v) is 7.78. The standard InChI is InChI=1S/C19H19N5O/c1-24(2)14-10-7-13(8-11-14)9-12-17-21-18(23-19(20)22-17)15-5-3-4-6-16(15)25/h3-12,25H,1-2H3,(H2,20,21,22,23). The molecule has 6 nitrogen and oxygen atoms in total. The van der Waals surface area contributed by atoms with Gasteiger partial charge in [0.2, 0.25) is 5.95 Å². The molecule has 0 unspecified atom stereocenters. The SMILES string of the molecule is CN(C)c1ccc(C=Cc2nc(N)nc(-c3ccccc3O)n2)cc1. The van der Waals surface area contributed by atoms with Gasteiger partial charge in [0.25, 0.3) is 0 Å². The highest BCUT2D eigenvalue weighted by atomic mass is 16.3. The number of benzene rings is 2. The normalized spacial score (nSPS) is 11.0. The summed E-state index contributed by atoms with van der Waals surface area (Å²) in [7, 11) is 4.00. The second-order valence-electron chi connectivity index (χ2n) is 5.71. The van der Waals surface area contributed by atoms with Crippen LogP contribution in [-0.2, 0) is 0 Å². The first-order valence-electron chi connectivity index (χ1n) is 7.78. The predicted octanol–water partition coefficient (Wildman–Crippen LogP) is 3.06. The van der Waals surface area contributed by atoms with Crippen LogP contribution in [0.5, 0.6) is 5.75 Å². The molecule has 126 valence electrons. The molecule has 0 spiro atoms. The first kappa shape index (κ1) is 16.4. The zero-order valence-electron chi connectivity index (χ0n) is 14.1. The molecule has 0 aliphatic heterocycles. The number of nitrogens with two attached hydrogens (primary N) is 1. The van der Waals surface area contributed by atoms with Gasteiger partial charge in [-0.05, 0) is 35.9 Å². The highest BCUT2D eigenvalue weighted by Gasteiger charge is 2.09. The lowest BCUT2D eigenvalue weighted by atomic mass is 10.2. The molecule has 0 aliphatic rings. The lowest BCUT2D eigenvalue weighted by Crippen LogP contribution is -2.07. The average Bonchev–Trinajstić information content (AvgIpc) is 2.60. The maximum absolute atomic E-state index is 9.96. The Balaban J connectivity index is 1.89. The summed E-state index contributed by atoms with van der Waals surface area (Å²) in [4.78, 5) is 14.6. The number of hydrogen-bond acceptors (Lipinski definition) is 6. The van der Waals surface area contributed by atoms with Gasteiger partial charge in [0.1, 0.15) is 5.75 Å². The lowest BCUT2D eigenvalue weighted by Gasteiger charge is -2.11. The summed E-state index contributed by atoms with van der Waals surface area (Å²) >= 11 is 0. The molecule has 3 rings (SSSR count). The van der Waals surface area contributed by atoms with Crippen molar-refractivity contribution in [2.75, 3.05) is 24.7 Å². The van der Waals surface area contributed by atoms with E-state index >= 15 is 0 Å². The summed E-state index contributed by atoms with van der Waals surface area (Å²) in [5.74, 6) is 0.980. The van der Waals surface area contributed by atoms with Crippen molar-refractivity contribution >= 4 is 23.8 Å². The van der Waals surface area contributed by atoms with Crippen molar-refractivity contribution in [2.45, 2.75) is 0 Å². The molecule has 0 amide bonds. The summed E-state index contributed by atoms with van der Waals surface area (Å²) in [5.41, 5.74) is 8.45. The van der Waals surface area contributed by atoms with E-state index in [0.717, 1.165) is 11.3 Å². The van der Waals surface area contributed by atoms with Crippen LogP contribution in [0.25, 0.3) is 23.5 Å². The molecule has 25 heavy (non-hydrogen) atoms. The Kier molecular flexibility index (Phi) is 4.61. The van der Waals surface area contributed by atoms with Crippen LogP contribution in [-0.4, -0.2) is 34.2 Å². The second kappa shape index (κ2) is 7.00. The molecule has 1 heterocycles. The minimum Gasteiger partial charge on any atom is -0.507 e. The summed E-state index contributed by atoms with van der Waals surface area (Å²) in [6, 6.07) is 15.0. The van der Waals surface area contributed by atoms with Crippen LogP contribution in [0.4, 0.5) is 11.6 Å². The number of rotatable bonds is 4. The monoisotopic (exact) mass is 333 g/mol. The van der Waals surface area contributed by atoms with Crippen molar-refractivity contribution in [3.63, 3.8) is 0 Å². The van der Waals surface area contributed by atoms with Crippen LogP contribution in [0.3, 0.4) is 0 Å². The van der Waals surface area contributed by atoms with Crippen molar-refractivity contribution in [2.24, 2.45) is 0 Å². The second-order valence-corrected chi connectivity index (χ2v) is 5.71. The first-order chi connectivity index (χ1) is 12.0. The Labute approximate surface area is 146 Å². The zero-order valence-corrected chi connectivity index (χ0v) is 14.1. The van der Waals surface area contributed by atoms with E-state index in [2.05, 4.69) is 15.0 Å². The quantitative estimate of drug-likeness (QED) is 0.763. The fourth-order valence-corrected chi connectivity index (χ4v) is 2.32. The summed E-state index contributed by atoms with van der Waals surface area (Å²) in [5, 5.41) is 9.96. The van der Waals surface area contributed by atoms with Gasteiger partial charge in [0.15, 0.2) is 11.6 Å². The van der Waals surface area contributed by atoms with E-state index in [4.69, 9.17) is 5.73 Å². The summed E-state index contributed by atoms with van der Waals surface area (Å²) in [6.45, 7) is 0. The van der Waals surface area contributed by atoms with E-state index in [1.807, 2.05) is 49.3 Å². The Bertz CT molecular complexity index is 904. The average molecular weight is 333 g/mol. The molecule has 6 heteroatoms. The molecule has 3 N–H and O–H groups in total. The third-order valence-electron chi connectivity index (χ3n) is 3.65. The van der Waals surface area contributed by atoms with Crippen molar-refractivity contribution in [3.8, 4) is 17.1 Å². The van der Waals surface area contributed by atoms with Gasteiger partial charge in [-0.2, -0.15) is 9.97 Å². The molecule has 2 aromatic carbocycles. The predicted molar refractivity (Wildman–Crippen MR) is 101 cm³/mol. The van der Waals surface area contributed by atoms with Crippen LogP contribution < -0.4 is 10.6 Å². The van der Waals surface area contributed by atoms with Crippen LogP contribution >= 0.6 is 0 Å². The summed E-state index contributed by atoms with van der Waals surface area (Å²) in [6.07, 6.45) is 3.68. The number of anilines is 2. The van der Waals surface area contributed by atoms with E-state index in [1.54, 1.807) is 30.3 Å². The highest BCUT2D eigenvalue weighted by molar-refractivity contribution is 5.70. The largest absolute Gasteiger partial charge is 0.507 e. The molecule has 0 saturated heterocycles. The third-order valence-corrected chi connectivity index (χ3v) is 3.65. The Hall–Kier alpha value is -3.41. The highest BCUT2D eigenvalue weighted by Crippen LogP contribution is 2.26.